The number of aryl methyl sites for hydroxylation is 2. The number of H-pyrrole nitrogens is 2. The second kappa shape index (κ2) is 32.2. The zero-order valence-corrected chi connectivity index (χ0v) is 57.7. The Morgan fingerprint density at radius 2 is 1.27 bits per heavy atom. The number of hydrogen-bond donors (Lipinski definition) is 4. The minimum Gasteiger partial charge on any atom is -0.497 e. The maximum absolute atomic E-state index is 16.3. The Morgan fingerprint density at radius 3 is 1.85 bits per heavy atom. The van der Waals surface area contributed by atoms with E-state index in [0.717, 1.165) is 33.1 Å². The van der Waals surface area contributed by atoms with Crippen molar-refractivity contribution in [2.45, 2.75) is 135 Å². The summed E-state index contributed by atoms with van der Waals surface area (Å²) < 4.78 is 85.4. The molecule has 2 saturated heterocycles. The molecule has 0 bridgehead atoms. The Balaban J connectivity index is 0.993. The van der Waals surface area contributed by atoms with E-state index >= 15 is 4.57 Å². The van der Waals surface area contributed by atoms with E-state index in [1.165, 1.54) is 21.5 Å². The average molecular weight is 1370 g/mol. The number of pyridine rings is 1. The molecule has 1 unspecified atom stereocenters. The minimum atomic E-state index is -4.61. The Morgan fingerprint density at radius 1 is 0.708 bits per heavy atom. The van der Waals surface area contributed by atoms with E-state index in [1.54, 1.807) is 35.2 Å². The van der Waals surface area contributed by atoms with Crippen LogP contribution < -0.4 is 47.1 Å². The molecule has 3 aromatic heterocycles. The number of halogens is 1. The van der Waals surface area contributed by atoms with Crippen molar-refractivity contribution < 1.29 is 51.1 Å². The number of aromatic nitrogens is 5. The van der Waals surface area contributed by atoms with Gasteiger partial charge >= 0.3 is 19.1 Å². The highest BCUT2D eigenvalue weighted by atomic mass is 35.5. The average Bonchev–Trinajstić information content (AvgIpc) is 0.853. The number of hydrogen-bond acceptors (Lipinski definition) is 19. The van der Waals surface area contributed by atoms with Gasteiger partial charge in [0.15, 0.2) is 0 Å². The fraction of sp³-hybridized carbons (Fsp3) is 0.420. The van der Waals surface area contributed by atoms with Gasteiger partial charge in [-0.3, -0.25) is 37.7 Å². The standard InChI is InChI=1S/C69H82ClN9O15P2/c1-43(2)79(44(3)4)95(89-34-16-31-71)93-58-37-62(77-39-45(5)65(80)75-67(77)82)92-61(58)42-90-96(84,73-33-15-11-14-32-72-64-54-29-23-50(70)35-57(54)74-56-30-28-53(87-9)36-55(56)64)94-59-38-63(78-40-46(6)66(81)76-68(78)83)91-60(59)41-88-69(47-17-12-10-13-18-47,48-19-24-51(85-7)25-20-48)49-21-26-52(86-8)27-22-49/h10,12-13,17-30,35-36,39-40,43-44,58-63H,11,14-16,32-34,37-38,41-42H2,1-9H3,(H,72,74)(H,73,84)(H,75,80,82)(H,76,81,83)/t58-,59-,60+,61+,62+,63+,95?,96+/m0/s1. The molecule has 8 aromatic rings. The normalized spacial score (nSPS) is 19.1. The van der Waals surface area contributed by atoms with Crippen molar-refractivity contribution in [1.82, 2.24) is 33.8 Å². The van der Waals surface area contributed by atoms with Crippen molar-refractivity contribution in [3.63, 3.8) is 0 Å². The van der Waals surface area contributed by atoms with Crippen LogP contribution in [0.4, 0.5) is 5.69 Å². The van der Waals surface area contributed by atoms with Crippen LogP contribution in [0.15, 0.2) is 147 Å². The summed E-state index contributed by atoms with van der Waals surface area (Å²) in [7, 11) is -1.72. The van der Waals surface area contributed by atoms with Crippen molar-refractivity contribution >= 4 is 55.4 Å². The molecule has 0 amide bonds. The van der Waals surface area contributed by atoms with Crippen LogP contribution in [0.25, 0.3) is 21.8 Å². The van der Waals surface area contributed by atoms with E-state index in [2.05, 4.69) is 31.1 Å². The molecular formula is C69H82ClN9O15P2. The number of nitrogens with zero attached hydrogens (tertiary/aromatic N) is 5. The summed E-state index contributed by atoms with van der Waals surface area (Å²) in [5.41, 5.74) is 1.10. The number of fused-ring (bicyclic) bond motifs is 2. The number of anilines is 1. The third-order valence-corrected chi connectivity index (χ3v) is 20.9. The van der Waals surface area contributed by atoms with Gasteiger partial charge in [0.1, 0.15) is 53.6 Å². The van der Waals surface area contributed by atoms with E-state index in [4.69, 9.17) is 63.1 Å². The fourth-order valence-corrected chi connectivity index (χ4v) is 15.6. The smallest absolute Gasteiger partial charge is 0.405 e. The van der Waals surface area contributed by atoms with Crippen LogP contribution in [-0.4, -0.2) is 119 Å². The summed E-state index contributed by atoms with van der Waals surface area (Å²) in [5, 5.41) is 18.7. The number of unbranched alkanes of at least 4 members (excludes halogenated alkanes) is 2. The van der Waals surface area contributed by atoms with E-state index < -0.39 is 87.9 Å². The molecule has 0 spiro atoms. The number of benzene rings is 5. The van der Waals surface area contributed by atoms with E-state index in [-0.39, 0.29) is 62.2 Å². The number of ether oxygens (including phenoxy) is 6. The summed E-state index contributed by atoms with van der Waals surface area (Å²) in [6.07, 6.45) is -1.63. The Labute approximate surface area is 562 Å². The maximum Gasteiger partial charge on any atom is 0.405 e. The van der Waals surface area contributed by atoms with E-state index in [0.29, 0.717) is 59.2 Å². The quantitative estimate of drug-likeness (QED) is 0.0132. The summed E-state index contributed by atoms with van der Waals surface area (Å²) >= 11 is 6.45. The monoisotopic (exact) mass is 1370 g/mol. The minimum absolute atomic E-state index is 0.0549. The van der Waals surface area contributed by atoms with Gasteiger partial charge in [-0.05, 0) is 132 Å². The van der Waals surface area contributed by atoms with Gasteiger partial charge in [0, 0.05) is 77.3 Å². The highest BCUT2D eigenvalue weighted by Gasteiger charge is 2.48. The molecule has 510 valence electrons. The highest BCUT2D eigenvalue weighted by Crippen LogP contribution is 2.53. The second-order valence-electron chi connectivity index (χ2n) is 24.1. The van der Waals surface area contributed by atoms with Crippen molar-refractivity contribution in [1.29, 1.82) is 5.26 Å². The topological polar surface area (TPSA) is 283 Å². The van der Waals surface area contributed by atoms with E-state index in [9.17, 15) is 24.4 Å². The number of rotatable bonds is 32. The molecule has 0 saturated carbocycles. The fourth-order valence-electron chi connectivity index (χ4n) is 12.1. The van der Waals surface area contributed by atoms with Crippen LogP contribution in [0, 0.1) is 25.2 Å². The van der Waals surface area contributed by atoms with Gasteiger partial charge in [0.05, 0.1) is 76.5 Å². The van der Waals surface area contributed by atoms with Crippen molar-refractivity contribution in [3.05, 3.63) is 202 Å². The van der Waals surface area contributed by atoms with Crippen LogP contribution in [0.3, 0.4) is 0 Å². The summed E-state index contributed by atoms with van der Waals surface area (Å²) in [4.78, 5) is 62.5. The first-order valence-corrected chi connectivity index (χ1v) is 35.0. The summed E-state index contributed by atoms with van der Waals surface area (Å²) in [5.74, 6) is 1.91. The van der Waals surface area contributed by atoms with Crippen LogP contribution in [0.2, 0.25) is 5.02 Å². The third kappa shape index (κ3) is 16.5. The van der Waals surface area contributed by atoms with Gasteiger partial charge in [0.2, 0.25) is 0 Å². The van der Waals surface area contributed by atoms with Gasteiger partial charge in [-0.25, -0.2) is 28.9 Å². The van der Waals surface area contributed by atoms with Crippen LogP contribution in [0.1, 0.15) is 106 Å². The Hall–Kier alpha value is -7.59. The lowest BCUT2D eigenvalue weighted by Crippen LogP contribution is -2.39. The van der Waals surface area contributed by atoms with Crippen molar-refractivity contribution in [2.75, 3.05) is 59.6 Å². The predicted molar refractivity (Wildman–Crippen MR) is 367 cm³/mol. The van der Waals surface area contributed by atoms with Crippen LogP contribution >= 0.6 is 27.9 Å². The maximum atomic E-state index is 16.3. The van der Waals surface area contributed by atoms with Gasteiger partial charge in [0.25, 0.3) is 19.6 Å². The third-order valence-electron chi connectivity index (χ3n) is 16.9. The molecule has 96 heavy (non-hydrogen) atoms. The molecule has 27 heteroatoms. The molecule has 2 fully saturated rings. The molecule has 24 nitrogen and oxygen atoms in total. The largest absolute Gasteiger partial charge is 0.497 e. The lowest BCUT2D eigenvalue weighted by Gasteiger charge is -2.37. The predicted octanol–water partition coefficient (Wildman–Crippen LogP) is 11.7. The Bertz CT molecular complexity index is 4250. The molecule has 0 radical (unpaired) electrons. The zero-order valence-electron chi connectivity index (χ0n) is 55.2. The lowest BCUT2D eigenvalue weighted by molar-refractivity contribution is -0.0936. The second-order valence-corrected chi connectivity index (χ2v) is 27.7. The molecule has 2 aliphatic heterocycles. The Kier molecular flexibility index (Phi) is 23.9. The van der Waals surface area contributed by atoms with Gasteiger partial charge in [-0.15, -0.1) is 0 Å². The lowest BCUT2D eigenvalue weighted by atomic mass is 9.80. The number of nitriles is 1. The number of nitrogens with one attached hydrogen (secondary N) is 4. The molecule has 10 rings (SSSR count). The first-order chi connectivity index (χ1) is 46.2. The number of methoxy groups -OCH3 is 3. The molecule has 5 aromatic carbocycles. The van der Waals surface area contributed by atoms with E-state index in [1.807, 2.05) is 143 Å². The first-order valence-electron chi connectivity index (χ1n) is 31.9. The van der Waals surface area contributed by atoms with Crippen LogP contribution in [0.5, 0.6) is 17.2 Å². The highest BCUT2D eigenvalue weighted by molar-refractivity contribution is 7.51. The zero-order chi connectivity index (χ0) is 68.3. The molecule has 2 aliphatic rings. The summed E-state index contributed by atoms with van der Waals surface area (Å²) in [6, 6.07) is 37.9. The van der Waals surface area contributed by atoms with Gasteiger partial charge in [-0.2, -0.15) is 5.26 Å². The molecule has 0 aliphatic carbocycles. The van der Waals surface area contributed by atoms with Crippen LogP contribution in [-0.2, 0) is 42.5 Å². The first kappa shape index (κ1) is 71.2. The number of aromatic amines is 2. The van der Waals surface area contributed by atoms with Gasteiger partial charge in [-0.1, -0.05) is 72.6 Å². The molecular weight excluding hydrogens is 1290 g/mol. The molecule has 8 atom stereocenters. The SMILES string of the molecule is COc1ccc(C(OC[C@H]2O[C@@H](n3cc(C)c(=O)[nH]c3=O)C[C@@H]2O[P@@](=O)(NCCCCCNc2c3ccc(Cl)cc3nc3ccc(OC)cc23)OC[C@H]2O[C@@H](n3cc(C)c(=O)[nH]c3=O)C[C@@H]2OP(OCCC#N)N(C(C)C)C(C)C)(c2ccccc2)c2ccc(OC)cc2)cc1. The van der Waals surface area contributed by atoms with Crippen molar-refractivity contribution in [2.24, 2.45) is 0 Å². The summed E-state index contributed by atoms with van der Waals surface area (Å²) in [6.45, 7) is 11.2. The van der Waals surface area contributed by atoms with Gasteiger partial charge < -0.3 is 42.8 Å². The molecule has 5 heterocycles. The van der Waals surface area contributed by atoms with Crippen molar-refractivity contribution in [3.8, 4) is 23.3 Å². The molecule has 4 N–H and O–H groups in total.